The van der Waals surface area contributed by atoms with Crippen LogP contribution in [0.1, 0.15) is 20.8 Å². The number of hydrogen-bond acceptors (Lipinski definition) is 2. The summed E-state index contributed by atoms with van der Waals surface area (Å²) in [4.78, 5) is 11.4. The normalized spacial score (nSPS) is 11.0. The van der Waals surface area contributed by atoms with Crippen molar-refractivity contribution < 1.29 is 9.53 Å². The fourth-order valence-electron chi connectivity index (χ4n) is 1.03. The zero-order valence-corrected chi connectivity index (χ0v) is 10.3. The third kappa shape index (κ3) is 4.15. The van der Waals surface area contributed by atoms with Crippen molar-refractivity contribution in [3.63, 3.8) is 0 Å². The number of carbonyl (C=O) groups excluding carboxylic acids is 1. The average molecular weight is 237 g/mol. The second-order valence-electron chi connectivity index (χ2n) is 4.36. The topological polar surface area (TPSA) is 38.3 Å². The molecule has 0 saturated carbocycles. The molecular weight excluding hydrogens is 224 g/mol. The van der Waals surface area contributed by atoms with Crippen LogP contribution in [0.4, 0.5) is 10.5 Å². The highest BCUT2D eigenvalue weighted by molar-refractivity contribution is 6.45. The third-order valence-electron chi connectivity index (χ3n) is 1.65. The number of hydrogen-bond donors (Lipinski definition) is 1. The molecule has 0 bridgehead atoms. The fraction of sp³-hybridized carbons (Fsp3) is 0.364. The Morgan fingerprint density at radius 3 is 2.56 bits per heavy atom. The minimum atomic E-state index is -0.526. The minimum absolute atomic E-state index is 0.397. The predicted octanol–water partition coefficient (Wildman–Crippen LogP) is 2.48. The van der Waals surface area contributed by atoms with Crippen molar-refractivity contribution in [3.8, 4) is 0 Å². The summed E-state index contributed by atoms with van der Waals surface area (Å²) in [6, 6.07) is 4.85. The van der Waals surface area contributed by atoms with E-state index in [1.54, 1.807) is 39.0 Å². The van der Waals surface area contributed by atoms with Crippen molar-refractivity contribution in [2.24, 2.45) is 0 Å². The van der Waals surface area contributed by atoms with Gasteiger partial charge in [-0.2, -0.15) is 0 Å². The van der Waals surface area contributed by atoms with E-state index in [0.717, 1.165) is 0 Å². The molecule has 0 heterocycles. The highest BCUT2D eigenvalue weighted by Crippen LogP contribution is 2.14. The monoisotopic (exact) mass is 237 g/mol. The van der Waals surface area contributed by atoms with Crippen LogP contribution in [0.3, 0.4) is 0 Å². The van der Waals surface area contributed by atoms with Crippen LogP contribution in [-0.4, -0.2) is 19.5 Å². The Bertz CT molecular complexity index is 401. The molecule has 5 heteroatoms. The molecule has 16 heavy (non-hydrogen) atoms. The van der Waals surface area contributed by atoms with Gasteiger partial charge in [-0.1, -0.05) is 23.1 Å². The zero-order chi connectivity index (χ0) is 12.3. The first-order valence-electron chi connectivity index (χ1n) is 4.83. The smallest absolute Gasteiger partial charge is 0.412 e. The molecule has 0 saturated heterocycles. The van der Waals surface area contributed by atoms with E-state index < -0.39 is 11.7 Å². The van der Waals surface area contributed by atoms with Gasteiger partial charge in [-0.15, -0.1) is 0 Å². The van der Waals surface area contributed by atoms with Gasteiger partial charge >= 0.3 is 6.09 Å². The molecule has 3 nitrogen and oxygen atoms in total. The molecule has 0 aliphatic rings. The maximum absolute atomic E-state index is 11.4. The van der Waals surface area contributed by atoms with Crippen molar-refractivity contribution >= 4 is 36.7 Å². The molecule has 1 rings (SSSR count). The van der Waals surface area contributed by atoms with Gasteiger partial charge in [0.15, 0.2) is 0 Å². The lowest BCUT2D eigenvalue weighted by Gasteiger charge is -2.19. The van der Waals surface area contributed by atoms with Gasteiger partial charge < -0.3 is 4.74 Å². The number of ether oxygens (including phenoxy) is 1. The first-order valence-corrected chi connectivity index (χ1v) is 5.21. The van der Waals surface area contributed by atoms with Gasteiger partial charge in [-0.25, -0.2) is 4.79 Å². The molecule has 1 aromatic rings. The van der Waals surface area contributed by atoms with Gasteiger partial charge in [0, 0.05) is 10.7 Å². The van der Waals surface area contributed by atoms with Crippen LogP contribution in [0.25, 0.3) is 0 Å². The van der Waals surface area contributed by atoms with Crippen LogP contribution in [-0.2, 0) is 4.74 Å². The van der Waals surface area contributed by atoms with Gasteiger partial charge in [0.25, 0.3) is 0 Å². The molecule has 2 radical (unpaired) electrons. The first kappa shape index (κ1) is 12.9. The van der Waals surface area contributed by atoms with Crippen LogP contribution in [0.5, 0.6) is 0 Å². The van der Waals surface area contributed by atoms with E-state index in [4.69, 9.17) is 24.2 Å². The Kier molecular flexibility index (Phi) is 3.86. The van der Waals surface area contributed by atoms with Crippen LogP contribution in [0.2, 0.25) is 5.02 Å². The number of carbonyl (C=O) groups is 1. The Morgan fingerprint density at radius 2 is 2.06 bits per heavy atom. The van der Waals surface area contributed by atoms with Crippen LogP contribution in [0, 0.1) is 0 Å². The summed E-state index contributed by atoms with van der Waals surface area (Å²) >= 11 is 5.81. The van der Waals surface area contributed by atoms with Crippen molar-refractivity contribution in [3.05, 3.63) is 23.2 Å². The fourth-order valence-corrected chi connectivity index (χ4v) is 1.21. The largest absolute Gasteiger partial charge is 0.444 e. The second kappa shape index (κ2) is 4.79. The second-order valence-corrected chi connectivity index (χ2v) is 4.77. The molecule has 0 aliphatic carbocycles. The van der Waals surface area contributed by atoms with Gasteiger partial charge in [0.05, 0.1) is 0 Å². The van der Waals surface area contributed by atoms with E-state index in [1.807, 2.05) is 0 Å². The molecule has 1 N–H and O–H groups in total. The van der Waals surface area contributed by atoms with E-state index in [1.165, 1.54) is 0 Å². The van der Waals surface area contributed by atoms with E-state index in [2.05, 4.69) is 5.32 Å². The van der Waals surface area contributed by atoms with Crippen molar-refractivity contribution in [1.29, 1.82) is 0 Å². The predicted molar refractivity (Wildman–Crippen MR) is 66.7 cm³/mol. The zero-order valence-electron chi connectivity index (χ0n) is 9.50. The summed E-state index contributed by atoms with van der Waals surface area (Å²) in [6.45, 7) is 5.38. The van der Waals surface area contributed by atoms with Crippen LogP contribution in [0.15, 0.2) is 18.2 Å². The maximum Gasteiger partial charge on any atom is 0.412 e. The molecule has 84 valence electrons. The molecule has 0 aliphatic heterocycles. The number of benzene rings is 1. The number of rotatable bonds is 1. The van der Waals surface area contributed by atoms with E-state index in [-0.39, 0.29) is 0 Å². The lowest BCUT2D eigenvalue weighted by molar-refractivity contribution is 0.0636. The summed E-state index contributed by atoms with van der Waals surface area (Å²) < 4.78 is 5.09. The lowest BCUT2D eigenvalue weighted by atomic mass is 9.96. The number of amides is 1. The van der Waals surface area contributed by atoms with E-state index in [0.29, 0.717) is 16.2 Å². The molecule has 1 aromatic carbocycles. The standard InChI is InChI=1S/C11H13BClNO2/c1-11(2,3)16-10(15)14-7-4-5-8(12)9(13)6-7/h4-6H,1-3H3,(H,14,15). The van der Waals surface area contributed by atoms with Crippen LogP contribution < -0.4 is 10.8 Å². The summed E-state index contributed by atoms with van der Waals surface area (Å²) in [7, 11) is 5.55. The number of halogens is 1. The quantitative estimate of drug-likeness (QED) is 0.762. The average Bonchev–Trinajstić information content (AvgIpc) is 2.08. The van der Waals surface area contributed by atoms with Gasteiger partial charge in [-0.3, -0.25) is 5.32 Å². The maximum atomic E-state index is 11.4. The Balaban J connectivity index is 2.67. The van der Waals surface area contributed by atoms with E-state index in [9.17, 15) is 4.79 Å². The molecule has 0 aromatic heterocycles. The Hall–Kier alpha value is -1.16. The summed E-state index contributed by atoms with van der Waals surface area (Å²) in [5, 5.41) is 2.96. The molecular formula is C11H13BClNO2. The molecule has 1 amide bonds. The summed E-state index contributed by atoms with van der Waals surface area (Å²) in [5.74, 6) is 0. The van der Waals surface area contributed by atoms with Gasteiger partial charge in [0.2, 0.25) is 0 Å². The minimum Gasteiger partial charge on any atom is -0.444 e. The lowest BCUT2D eigenvalue weighted by Crippen LogP contribution is -2.27. The first-order chi connectivity index (χ1) is 7.28. The van der Waals surface area contributed by atoms with Gasteiger partial charge in [-0.05, 0) is 32.9 Å². The molecule has 0 unspecified atom stereocenters. The van der Waals surface area contributed by atoms with Crippen molar-refractivity contribution in [2.75, 3.05) is 5.32 Å². The highest BCUT2D eigenvalue weighted by atomic mass is 35.5. The molecule has 0 fully saturated rings. The number of nitrogens with one attached hydrogen (secondary N) is 1. The van der Waals surface area contributed by atoms with Crippen molar-refractivity contribution in [1.82, 2.24) is 0 Å². The Morgan fingerprint density at radius 1 is 1.44 bits per heavy atom. The van der Waals surface area contributed by atoms with Crippen molar-refractivity contribution in [2.45, 2.75) is 26.4 Å². The van der Waals surface area contributed by atoms with Crippen LogP contribution >= 0.6 is 11.6 Å². The van der Waals surface area contributed by atoms with E-state index >= 15 is 0 Å². The number of anilines is 1. The van der Waals surface area contributed by atoms with Gasteiger partial charge in [0.1, 0.15) is 13.4 Å². The molecule has 0 atom stereocenters. The summed E-state index contributed by atoms with van der Waals surface area (Å²) in [6.07, 6.45) is -0.520. The summed E-state index contributed by atoms with van der Waals surface area (Å²) in [5.41, 5.74) is 0.492. The highest BCUT2D eigenvalue weighted by Gasteiger charge is 2.16. The Labute approximate surface area is 102 Å². The third-order valence-corrected chi connectivity index (χ3v) is 1.97. The SMILES string of the molecule is [B]c1ccc(NC(=O)OC(C)(C)C)cc1Cl. The molecule has 0 spiro atoms.